The van der Waals surface area contributed by atoms with Crippen molar-refractivity contribution in [1.29, 1.82) is 0 Å². The van der Waals surface area contributed by atoms with Crippen LogP contribution in [-0.4, -0.2) is 45.1 Å². The molecular formula is C22H35NO5S. The minimum atomic E-state index is -1.12. The molecule has 0 spiro atoms. The van der Waals surface area contributed by atoms with Gasteiger partial charge in [0.05, 0.1) is 6.42 Å². The molecule has 0 aliphatic heterocycles. The molecule has 0 bridgehead atoms. The topological polar surface area (TPSA) is 104 Å². The van der Waals surface area contributed by atoms with Crippen LogP contribution in [0.2, 0.25) is 0 Å². The molecule has 0 rings (SSSR count). The van der Waals surface area contributed by atoms with Gasteiger partial charge in [0.25, 0.3) is 0 Å². The Hall–Kier alpha value is -2.02. The van der Waals surface area contributed by atoms with Crippen LogP contribution in [0.3, 0.4) is 0 Å². The van der Waals surface area contributed by atoms with Crippen molar-refractivity contribution in [1.82, 2.24) is 5.32 Å². The number of hydrogen-bond acceptors (Lipinski definition) is 4. The molecule has 7 heteroatoms. The van der Waals surface area contributed by atoms with Gasteiger partial charge >= 0.3 is 11.9 Å². The molecule has 0 aromatic carbocycles. The lowest BCUT2D eigenvalue weighted by atomic mass is 10.1. The first-order chi connectivity index (χ1) is 13.6. The van der Waals surface area contributed by atoms with Crippen molar-refractivity contribution in [2.75, 3.05) is 5.75 Å². The number of thioether (sulfide) groups is 1. The zero-order valence-electron chi connectivity index (χ0n) is 17.9. The van der Waals surface area contributed by atoms with Gasteiger partial charge in [-0.05, 0) is 53.4 Å². The van der Waals surface area contributed by atoms with Gasteiger partial charge in [0.2, 0.25) is 5.91 Å². The molecule has 1 unspecified atom stereocenters. The fraction of sp³-hybridized carbons (Fsp3) is 0.591. The summed E-state index contributed by atoms with van der Waals surface area (Å²) in [6, 6.07) is -1.03. The van der Waals surface area contributed by atoms with E-state index in [1.54, 1.807) is 0 Å². The maximum Gasteiger partial charge on any atom is 0.327 e. The van der Waals surface area contributed by atoms with Crippen LogP contribution in [0.1, 0.15) is 66.2 Å². The number of allylic oxidation sites excluding steroid dienone is 5. The zero-order valence-corrected chi connectivity index (χ0v) is 18.8. The van der Waals surface area contributed by atoms with Crippen LogP contribution in [0.4, 0.5) is 0 Å². The Morgan fingerprint density at radius 1 is 1.00 bits per heavy atom. The molecule has 0 saturated carbocycles. The van der Waals surface area contributed by atoms with Crippen molar-refractivity contribution in [2.24, 2.45) is 0 Å². The molecular weight excluding hydrogens is 390 g/mol. The molecule has 0 aromatic heterocycles. The lowest BCUT2D eigenvalue weighted by Crippen LogP contribution is -2.42. The highest BCUT2D eigenvalue weighted by atomic mass is 32.2. The fourth-order valence-corrected chi connectivity index (χ4v) is 3.62. The summed E-state index contributed by atoms with van der Waals surface area (Å²) < 4.78 is 0. The zero-order chi connectivity index (χ0) is 22.2. The first-order valence-corrected chi connectivity index (χ1v) is 11.0. The van der Waals surface area contributed by atoms with Gasteiger partial charge < -0.3 is 15.5 Å². The molecule has 1 amide bonds. The summed E-state index contributed by atoms with van der Waals surface area (Å²) >= 11 is 1.45. The number of carboxylic acids is 2. The van der Waals surface area contributed by atoms with Gasteiger partial charge in [0.1, 0.15) is 6.04 Å². The van der Waals surface area contributed by atoms with Crippen LogP contribution in [0.25, 0.3) is 0 Å². The molecule has 6 nitrogen and oxygen atoms in total. The summed E-state index contributed by atoms with van der Waals surface area (Å²) in [6.07, 6.45) is 12.2. The number of nitrogens with one attached hydrogen (secondary N) is 1. The van der Waals surface area contributed by atoms with Gasteiger partial charge in [-0.25, -0.2) is 4.79 Å². The molecule has 3 N–H and O–H groups in total. The Morgan fingerprint density at radius 3 is 2.24 bits per heavy atom. The van der Waals surface area contributed by atoms with E-state index in [9.17, 15) is 19.5 Å². The number of carbonyl (C=O) groups is 3. The van der Waals surface area contributed by atoms with Gasteiger partial charge in [-0.1, -0.05) is 35.5 Å². The van der Waals surface area contributed by atoms with Gasteiger partial charge in [-0.2, -0.15) is 11.8 Å². The van der Waals surface area contributed by atoms with Gasteiger partial charge in [0, 0.05) is 17.4 Å². The summed E-state index contributed by atoms with van der Waals surface area (Å²) in [7, 11) is 0. The largest absolute Gasteiger partial charge is 0.481 e. The van der Waals surface area contributed by atoms with Gasteiger partial charge in [-0.15, -0.1) is 0 Å². The lowest BCUT2D eigenvalue weighted by Gasteiger charge is -2.16. The van der Waals surface area contributed by atoms with E-state index >= 15 is 0 Å². The van der Waals surface area contributed by atoms with Crippen molar-refractivity contribution >= 4 is 29.6 Å². The first kappa shape index (κ1) is 27.0. The molecule has 0 aliphatic rings. The summed E-state index contributed by atoms with van der Waals surface area (Å²) in [5, 5.41) is 20.4. The lowest BCUT2D eigenvalue weighted by molar-refractivity contribution is -0.141. The fourth-order valence-electron chi connectivity index (χ4n) is 2.57. The van der Waals surface area contributed by atoms with E-state index in [1.807, 2.05) is 13.8 Å². The molecule has 0 saturated heterocycles. The van der Waals surface area contributed by atoms with Crippen molar-refractivity contribution in [3.8, 4) is 0 Å². The molecule has 29 heavy (non-hydrogen) atoms. The Balaban J connectivity index is 4.40. The average molecular weight is 426 g/mol. The summed E-state index contributed by atoms with van der Waals surface area (Å²) in [4.78, 5) is 33.5. The van der Waals surface area contributed by atoms with Crippen molar-refractivity contribution in [2.45, 2.75) is 77.5 Å². The van der Waals surface area contributed by atoms with Crippen molar-refractivity contribution < 1.29 is 24.6 Å². The van der Waals surface area contributed by atoms with E-state index in [4.69, 9.17) is 5.11 Å². The molecule has 0 aromatic rings. The molecule has 0 fully saturated rings. The third-order valence-electron chi connectivity index (χ3n) is 4.22. The molecule has 164 valence electrons. The number of amides is 1. The highest BCUT2D eigenvalue weighted by molar-refractivity contribution is 8.00. The second-order valence-corrected chi connectivity index (χ2v) is 8.51. The third kappa shape index (κ3) is 15.6. The minimum Gasteiger partial charge on any atom is -0.481 e. The smallest absolute Gasteiger partial charge is 0.327 e. The number of rotatable bonds is 15. The SMILES string of the molecule is CC=CCC/C(C)=C/CC/C(C)=C/C(C)SC[C@@H](NC(=O)CCC(=O)O)C(=O)O. The van der Waals surface area contributed by atoms with Gasteiger partial charge in [0.15, 0.2) is 0 Å². The molecule has 0 heterocycles. The Labute approximate surface area is 178 Å². The van der Waals surface area contributed by atoms with Crippen LogP contribution in [-0.2, 0) is 14.4 Å². The molecule has 0 radical (unpaired) electrons. The second-order valence-electron chi connectivity index (χ2n) is 7.10. The van der Waals surface area contributed by atoms with E-state index in [1.165, 1.54) is 22.9 Å². The predicted octanol–water partition coefficient (Wildman–Crippen LogP) is 4.57. The third-order valence-corrected chi connectivity index (χ3v) is 5.40. The van der Waals surface area contributed by atoms with Crippen molar-refractivity contribution in [3.05, 3.63) is 35.5 Å². The normalized spacial score (nSPS) is 14.6. The van der Waals surface area contributed by atoms with Crippen LogP contribution in [0.5, 0.6) is 0 Å². The van der Waals surface area contributed by atoms with Gasteiger partial charge in [-0.3, -0.25) is 9.59 Å². The quantitative estimate of drug-likeness (QED) is 0.332. The van der Waals surface area contributed by atoms with E-state index in [0.29, 0.717) is 0 Å². The van der Waals surface area contributed by atoms with Crippen LogP contribution < -0.4 is 5.32 Å². The van der Waals surface area contributed by atoms with Crippen LogP contribution in [0, 0.1) is 0 Å². The first-order valence-electron chi connectivity index (χ1n) is 9.95. The number of carbonyl (C=O) groups excluding carboxylic acids is 1. The minimum absolute atomic E-state index is 0.118. The maximum absolute atomic E-state index is 11.7. The monoisotopic (exact) mass is 425 g/mol. The number of aliphatic carboxylic acids is 2. The average Bonchev–Trinajstić information content (AvgIpc) is 2.63. The highest BCUT2D eigenvalue weighted by Crippen LogP contribution is 2.18. The molecule has 0 aliphatic carbocycles. The Kier molecular flexibility index (Phi) is 14.7. The van der Waals surface area contributed by atoms with E-state index < -0.39 is 23.9 Å². The number of carboxylic acid groups (broad SMARTS) is 2. The maximum atomic E-state index is 11.7. The summed E-state index contributed by atoms with van der Waals surface area (Å²) in [6.45, 7) is 8.25. The van der Waals surface area contributed by atoms with E-state index in [-0.39, 0.29) is 23.8 Å². The standard InChI is InChI=1S/C22H35NO5S/c1-5-6-7-9-16(2)10-8-11-17(3)14-18(4)29-15-19(22(27)28)23-20(24)12-13-21(25)26/h5-6,10,14,18-19H,7-9,11-13,15H2,1-4H3,(H,23,24)(H,25,26)(H,27,28)/b6-5?,16-10+,17-14+/t18?,19-/m1/s1. The predicted molar refractivity (Wildman–Crippen MR) is 119 cm³/mol. The van der Waals surface area contributed by atoms with E-state index in [2.05, 4.69) is 43.5 Å². The Morgan fingerprint density at radius 2 is 1.66 bits per heavy atom. The summed E-state index contributed by atoms with van der Waals surface area (Å²) in [5.41, 5.74) is 2.64. The summed E-state index contributed by atoms with van der Waals surface area (Å²) in [5.74, 6) is -2.54. The number of hydrogen-bond donors (Lipinski definition) is 3. The molecule has 2 atom stereocenters. The van der Waals surface area contributed by atoms with Crippen LogP contribution >= 0.6 is 11.8 Å². The van der Waals surface area contributed by atoms with E-state index in [0.717, 1.165) is 25.7 Å². The van der Waals surface area contributed by atoms with Crippen LogP contribution in [0.15, 0.2) is 35.5 Å². The Bertz CT molecular complexity index is 625. The highest BCUT2D eigenvalue weighted by Gasteiger charge is 2.21. The second kappa shape index (κ2) is 15.9. The van der Waals surface area contributed by atoms with Crippen molar-refractivity contribution in [3.63, 3.8) is 0 Å².